The Hall–Kier alpha value is -1.95. The maximum Gasteiger partial charge on any atom is 0.695 e. The predicted octanol–water partition coefficient (Wildman–Crippen LogP) is 3.39. The molecule has 13 heteroatoms. The Morgan fingerprint density at radius 3 is 2.00 bits per heavy atom. The zero-order valence-corrected chi connectivity index (χ0v) is 22.8. The van der Waals surface area contributed by atoms with Gasteiger partial charge in [0.05, 0.1) is 6.61 Å². The minimum atomic E-state index is -3.00. The first-order chi connectivity index (χ1) is 18.3. The van der Waals surface area contributed by atoms with Crippen LogP contribution in [-0.4, -0.2) is 62.2 Å². The van der Waals surface area contributed by atoms with Crippen LogP contribution in [0.15, 0.2) is 21.9 Å². The highest BCUT2D eigenvalue weighted by Crippen LogP contribution is 2.37. The number of H-pyrrole nitrogens is 1. The number of aliphatic carboxylic acids is 1. The monoisotopic (exact) mass is 561 g/mol. The maximum atomic E-state index is 12.3. The van der Waals surface area contributed by atoms with Gasteiger partial charge in [0.2, 0.25) is 0 Å². The predicted molar refractivity (Wildman–Crippen MR) is 139 cm³/mol. The molecule has 1 aromatic heterocycles. The minimum Gasteiger partial charge on any atom is -0.481 e. The van der Waals surface area contributed by atoms with E-state index in [1.807, 2.05) is 0 Å². The van der Waals surface area contributed by atoms with Crippen molar-refractivity contribution >= 4 is 14.2 Å². The molecule has 1 aromatic rings. The zero-order valence-electron chi connectivity index (χ0n) is 21.9. The molecule has 0 amide bonds. The van der Waals surface area contributed by atoms with Gasteiger partial charge in [0, 0.05) is 29.9 Å². The van der Waals surface area contributed by atoms with Crippen molar-refractivity contribution in [3.63, 3.8) is 0 Å². The Morgan fingerprint density at radius 2 is 1.50 bits per heavy atom. The summed E-state index contributed by atoms with van der Waals surface area (Å²) in [5, 5.41) is 18.3. The van der Waals surface area contributed by atoms with Crippen LogP contribution in [0.25, 0.3) is 0 Å². The molecule has 38 heavy (non-hydrogen) atoms. The Labute approximate surface area is 223 Å². The van der Waals surface area contributed by atoms with Gasteiger partial charge >= 0.3 is 19.9 Å². The molecule has 5 unspecified atom stereocenters. The van der Waals surface area contributed by atoms with Crippen molar-refractivity contribution in [1.29, 1.82) is 0 Å². The summed E-state index contributed by atoms with van der Waals surface area (Å²) in [5.74, 6) is -0.716. The fourth-order valence-electron chi connectivity index (χ4n) is 4.66. The zero-order chi connectivity index (χ0) is 27.8. The van der Waals surface area contributed by atoms with Crippen LogP contribution >= 0.6 is 8.25 Å². The Morgan fingerprint density at radius 1 is 0.947 bits per heavy atom. The van der Waals surface area contributed by atoms with Gasteiger partial charge < -0.3 is 19.7 Å². The Balaban J connectivity index is 1.65. The number of aromatic nitrogens is 2. The molecular formula is C25H42N2O10P+. The van der Waals surface area contributed by atoms with Crippen LogP contribution in [0.4, 0.5) is 0 Å². The second-order valence-electron chi connectivity index (χ2n) is 9.65. The largest absolute Gasteiger partial charge is 0.695 e. The number of hydrogen-bond acceptors (Lipinski definition) is 8. The van der Waals surface area contributed by atoms with Gasteiger partial charge in [-0.1, -0.05) is 70.6 Å². The van der Waals surface area contributed by atoms with Crippen LogP contribution in [0.5, 0.6) is 0 Å². The SMILES string of the molecule is O=C(O)CCCCCCCCCCCCCCCOC1C(O[P+](=O)O)C(CO)OC1n1ccc(=O)[nH]c1=O. The molecule has 1 aliphatic heterocycles. The lowest BCUT2D eigenvalue weighted by Crippen LogP contribution is -2.40. The molecule has 2 heterocycles. The fraction of sp³-hybridized carbons (Fsp3) is 0.800. The Bertz CT molecular complexity index is 953. The molecule has 0 bridgehead atoms. The lowest BCUT2D eigenvalue weighted by atomic mass is 10.0. The van der Waals surface area contributed by atoms with E-state index < -0.39 is 56.6 Å². The number of rotatable bonds is 21. The molecule has 0 spiro atoms. The lowest BCUT2D eigenvalue weighted by molar-refractivity contribution is -0.137. The highest BCUT2D eigenvalue weighted by molar-refractivity contribution is 7.32. The number of ether oxygens (including phenoxy) is 2. The number of aromatic amines is 1. The third-order valence-electron chi connectivity index (χ3n) is 6.65. The van der Waals surface area contributed by atoms with Gasteiger partial charge in [-0.2, -0.15) is 0 Å². The molecule has 1 aliphatic rings. The van der Waals surface area contributed by atoms with E-state index in [4.69, 9.17) is 19.1 Å². The number of aliphatic hydroxyl groups excluding tert-OH is 1. The molecule has 4 N–H and O–H groups in total. The van der Waals surface area contributed by atoms with Crippen LogP contribution in [-0.2, 0) is 23.4 Å². The molecule has 0 saturated carbocycles. The molecular weight excluding hydrogens is 519 g/mol. The average Bonchev–Trinajstić information content (AvgIpc) is 3.19. The summed E-state index contributed by atoms with van der Waals surface area (Å²) in [6.45, 7) is -0.190. The van der Waals surface area contributed by atoms with E-state index in [0.29, 0.717) is 6.61 Å². The maximum absolute atomic E-state index is 12.3. The normalized spacial score (nSPS) is 21.6. The third-order valence-corrected chi connectivity index (χ3v) is 7.07. The smallest absolute Gasteiger partial charge is 0.481 e. The van der Waals surface area contributed by atoms with E-state index in [2.05, 4.69) is 4.98 Å². The van der Waals surface area contributed by atoms with Crippen molar-refractivity contribution in [2.24, 2.45) is 0 Å². The van der Waals surface area contributed by atoms with Gasteiger partial charge in [-0.25, -0.2) is 4.79 Å². The number of aliphatic hydroxyl groups is 1. The number of nitrogens with one attached hydrogen (secondary N) is 1. The van der Waals surface area contributed by atoms with Crippen LogP contribution < -0.4 is 11.2 Å². The van der Waals surface area contributed by atoms with E-state index in [0.717, 1.165) is 55.6 Å². The minimum absolute atomic E-state index is 0.269. The molecule has 0 aromatic carbocycles. The summed E-state index contributed by atoms with van der Waals surface area (Å²) in [7, 11) is -3.00. The first-order valence-electron chi connectivity index (χ1n) is 13.6. The van der Waals surface area contributed by atoms with E-state index in [9.17, 15) is 28.9 Å². The molecule has 216 valence electrons. The summed E-state index contributed by atoms with van der Waals surface area (Å²) in [6.07, 6.45) is 11.4. The second kappa shape index (κ2) is 18.4. The van der Waals surface area contributed by atoms with Gasteiger partial charge in [0.25, 0.3) is 5.56 Å². The summed E-state index contributed by atoms with van der Waals surface area (Å²) in [4.78, 5) is 45.6. The lowest BCUT2D eigenvalue weighted by Gasteiger charge is -2.22. The number of hydrogen-bond donors (Lipinski definition) is 4. The fourth-order valence-corrected chi connectivity index (χ4v) is 5.12. The van der Waals surface area contributed by atoms with Gasteiger partial charge in [0.1, 0.15) is 12.2 Å². The van der Waals surface area contributed by atoms with Crippen molar-refractivity contribution < 1.29 is 38.5 Å². The third kappa shape index (κ3) is 11.8. The quantitative estimate of drug-likeness (QED) is 0.128. The van der Waals surface area contributed by atoms with Crippen LogP contribution in [0, 0.1) is 0 Å². The van der Waals surface area contributed by atoms with E-state index in [1.165, 1.54) is 44.7 Å². The van der Waals surface area contributed by atoms with Crippen LogP contribution in [0.2, 0.25) is 0 Å². The Kier molecular flexibility index (Phi) is 15.6. The number of carbonyl (C=O) groups is 1. The van der Waals surface area contributed by atoms with Gasteiger partial charge in [-0.3, -0.25) is 19.1 Å². The molecule has 2 rings (SSSR count). The van der Waals surface area contributed by atoms with Crippen LogP contribution in [0.3, 0.4) is 0 Å². The summed E-state index contributed by atoms with van der Waals surface area (Å²) in [5.41, 5.74) is -1.30. The summed E-state index contributed by atoms with van der Waals surface area (Å²) in [6, 6.07) is 1.15. The van der Waals surface area contributed by atoms with E-state index >= 15 is 0 Å². The molecule has 0 radical (unpaired) electrons. The van der Waals surface area contributed by atoms with Gasteiger partial charge in [-0.05, 0) is 12.8 Å². The average molecular weight is 562 g/mol. The topological polar surface area (TPSA) is 177 Å². The van der Waals surface area contributed by atoms with Crippen molar-refractivity contribution in [3.8, 4) is 0 Å². The van der Waals surface area contributed by atoms with Gasteiger partial charge in [0.15, 0.2) is 12.3 Å². The van der Waals surface area contributed by atoms with Crippen molar-refractivity contribution in [2.45, 2.75) is 114 Å². The molecule has 1 saturated heterocycles. The first-order valence-corrected chi connectivity index (χ1v) is 14.7. The van der Waals surface area contributed by atoms with Crippen molar-refractivity contribution in [3.05, 3.63) is 33.1 Å². The summed E-state index contributed by atoms with van der Waals surface area (Å²) >= 11 is 0. The molecule has 12 nitrogen and oxygen atoms in total. The first kappa shape index (κ1) is 32.3. The number of carboxylic acids is 1. The van der Waals surface area contributed by atoms with Crippen LogP contribution in [0.1, 0.15) is 96.1 Å². The highest BCUT2D eigenvalue weighted by atomic mass is 31.1. The number of nitrogens with zero attached hydrogens (tertiary/aromatic N) is 1. The van der Waals surface area contributed by atoms with E-state index in [1.54, 1.807) is 0 Å². The van der Waals surface area contributed by atoms with Gasteiger partial charge in [-0.15, -0.1) is 9.42 Å². The molecule has 5 atom stereocenters. The number of carboxylic acid groups (broad SMARTS) is 1. The molecule has 0 aliphatic carbocycles. The summed E-state index contributed by atoms with van der Waals surface area (Å²) < 4.78 is 29.2. The van der Waals surface area contributed by atoms with E-state index in [-0.39, 0.29) is 6.42 Å². The van der Waals surface area contributed by atoms with Crippen molar-refractivity contribution in [2.75, 3.05) is 13.2 Å². The standard InChI is InChI=1S/C25H41N2O10P/c28-18-19-22(37-38(33)34)23(24(36-19)27-16-15-20(29)26-25(27)32)35-17-13-11-9-7-5-3-1-2-4-6-8-10-12-14-21(30)31/h15-16,19,22-24,28H,1-14,17-18H2,(H2-,26,29,30,31,32,33,34)/p+1. The number of unbranched alkanes of at least 4 members (excludes halogenated alkanes) is 12. The highest BCUT2D eigenvalue weighted by Gasteiger charge is 2.51. The molecule has 1 fully saturated rings. The van der Waals surface area contributed by atoms with Crippen molar-refractivity contribution in [1.82, 2.24) is 9.55 Å². The second-order valence-corrected chi connectivity index (χ2v) is 10.3.